The number of pyridine rings is 1. The summed E-state index contributed by atoms with van der Waals surface area (Å²) in [5.74, 6) is 0.941. The lowest BCUT2D eigenvalue weighted by atomic mass is 9.98. The monoisotopic (exact) mass is 499 g/mol. The highest BCUT2D eigenvalue weighted by atomic mass is 32.2. The van der Waals surface area contributed by atoms with Gasteiger partial charge in [0.1, 0.15) is 5.82 Å². The van der Waals surface area contributed by atoms with E-state index >= 15 is 0 Å². The third kappa shape index (κ3) is 6.20. The Kier molecular flexibility index (Phi) is 7.78. The second kappa shape index (κ2) is 10.6. The van der Waals surface area contributed by atoms with Crippen molar-refractivity contribution in [1.82, 2.24) is 19.9 Å². The van der Waals surface area contributed by atoms with Gasteiger partial charge in [-0.25, -0.2) is 18.1 Å². The highest BCUT2D eigenvalue weighted by molar-refractivity contribution is 7.89. The molecule has 0 aliphatic carbocycles. The van der Waals surface area contributed by atoms with E-state index in [0.29, 0.717) is 4.90 Å². The van der Waals surface area contributed by atoms with Gasteiger partial charge in [0.15, 0.2) is 0 Å². The first-order chi connectivity index (χ1) is 16.6. The Morgan fingerprint density at radius 3 is 2.63 bits per heavy atom. The minimum atomic E-state index is -3.67. The zero-order chi connectivity index (χ0) is 25.2. The van der Waals surface area contributed by atoms with E-state index in [-0.39, 0.29) is 18.4 Å². The first-order valence-corrected chi connectivity index (χ1v) is 13.9. The molecule has 1 aromatic carbocycles. The number of fused-ring (bicyclic) bond motifs is 1. The summed E-state index contributed by atoms with van der Waals surface area (Å²) in [5.41, 5.74) is 4.85. The van der Waals surface area contributed by atoms with Gasteiger partial charge in [0, 0.05) is 50.9 Å². The van der Waals surface area contributed by atoms with Crippen molar-refractivity contribution in [3.63, 3.8) is 0 Å². The van der Waals surface area contributed by atoms with Crippen molar-refractivity contribution in [3.8, 4) is 0 Å². The third-order valence-corrected chi connectivity index (χ3v) is 8.67. The molecule has 9 heteroatoms. The summed E-state index contributed by atoms with van der Waals surface area (Å²) >= 11 is 0. The summed E-state index contributed by atoms with van der Waals surface area (Å²) in [6.07, 6.45) is 3.10. The van der Waals surface area contributed by atoms with Crippen LogP contribution in [0.4, 0.5) is 5.82 Å². The van der Waals surface area contributed by atoms with E-state index in [1.165, 1.54) is 5.56 Å². The first kappa shape index (κ1) is 25.6. The molecule has 0 bridgehead atoms. The second-order valence-electron chi connectivity index (χ2n) is 10.0. The molecule has 3 N–H and O–H groups in total. The van der Waals surface area contributed by atoms with E-state index in [0.717, 1.165) is 73.6 Å². The lowest BCUT2D eigenvalue weighted by molar-refractivity contribution is -0.130. The zero-order valence-electron chi connectivity index (χ0n) is 21.1. The lowest BCUT2D eigenvalue weighted by Gasteiger charge is -2.38. The van der Waals surface area contributed by atoms with Crippen LogP contribution in [0.3, 0.4) is 0 Å². The smallest absolute Gasteiger partial charge is 0.241 e. The number of amides is 1. The Labute approximate surface area is 209 Å². The number of nitrogens with one attached hydrogen (secondary N) is 3. The van der Waals surface area contributed by atoms with E-state index < -0.39 is 16.1 Å². The number of hydrogen-bond donors (Lipinski definition) is 3. The number of likely N-dealkylation sites (tertiary alicyclic amines) is 1. The number of carbonyl (C=O) groups is 1. The predicted molar refractivity (Wildman–Crippen MR) is 138 cm³/mol. The molecule has 3 heterocycles. The molecule has 2 aliphatic rings. The van der Waals surface area contributed by atoms with Gasteiger partial charge in [0.05, 0.1) is 10.8 Å². The molecule has 0 spiro atoms. The SMILES string of the molecule is Cc1cc(C)c(S(=O)(=O)NC(C)CNC(=O)C2CN(CCc3ccc4c(n3)NCCC4)C2)c(C)c1. The Balaban J connectivity index is 1.19. The van der Waals surface area contributed by atoms with Crippen molar-refractivity contribution >= 4 is 21.7 Å². The van der Waals surface area contributed by atoms with Crippen molar-refractivity contribution in [2.24, 2.45) is 5.92 Å². The van der Waals surface area contributed by atoms with Crippen LogP contribution in [-0.2, 0) is 27.7 Å². The minimum absolute atomic E-state index is 0.0221. The maximum Gasteiger partial charge on any atom is 0.241 e. The second-order valence-corrected chi connectivity index (χ2v) is 11.7. The molecule has 4 rings (SSSR count). The van der Waals surface area contributed by atoms with E-state index in [2.05, 4.69) is 32.4 Å². The molecule has 0 saturated carbocycles. The Morgan fingerprint density at radius 2 is 1.91 bits per heavy atom. The highest BCUT2D eigenvalue weighted by Gasteiger charge is 2.32. The van der Waals surface area contributed by atoms with E-state index in [9.17, 15) is 13.2 Å². The largest absolute Gasteiger partial charge is 0.370 e. The van der Waals surface area contributed by atoms with Crippen molar-refractivity contribution < 1.29 is 13.2 Å². The van der Waals surface area contributed by atoms with Crippen LogP contribution in [0.1, 0.15) is 41.3 Å². The normalized spacial score (nSPS) is 17.3. The van der Waals surface area contributed by atoms with Gasteiger partial charge in [0.2, 0.25) is 15.9 Å². The standard InChI is InChI=1S/C26H37N5O3S/c1-17-12-18(2)24(19(3)13-17)35(33,34)30-20(4)14-28-26(32)22-15-31(16-22)11-9-23-8-7-21-6-5-10-27-25(21)29-23/h7-8,12-13,20,22,30H,5-6,9-11,14-16H2,1-4H3,(H,27,29)(H,28,32). The fourth-order valence-corrected chi connectivity index (χ4v) is 6.75. The van der Waals surface area contributed by atoms with Crippen molar-refractivity contribution in [3.05, 3.63) is 52.2 Å². The molecule has 2 aromatic rings. The topological polar surface area (TPSA) is 103 Å². The lowest BCUT2D eigenvalue weighted by Crippen LogP contribution is -2.55. The van der Waals surface area contributed by atoms with Gasteiger partial charge in [-0.2, -0.15) is 0 Å². The predicted octanol–water partition coefficient (Wildman–Crippen LogP) is 2.32. The Morgan fingerprint density at radius 1 is 1.20 bits per heavy atom. The molecule has 1 unspecified atom stereocenters. The Hall–Kier alpha value is -2.49. The van der Waals surface area contributed by atoms with Crippen LogP contribution in [0.25, 0.3) is 0 Å². The molecule has 0 radical (unpaired) electrons. The molecule has 1 saturated heterocycles. The van der Waals surface area contributed by atoms with Crippen molar-refractivity contribution in [2.45, 2.75) is 57.9 Å². The first-order valence-electron chi connectivity index (χ1n) is 12.5. The van der Waals surface area contributed by atoms with Crippen molar-refractivity contribution in [1.29, 1.82) is 0 Å². The maximum absolute atomic E-state index is 12.9. The number of anilines is 1. The summed E-state index contributed by atoms with van der Waals surface area (Å²) in [6, 6.07) is 7.61. The number of nitrogens with zero attached hydrogens (tertiary/aromatic N) is 2. The zero-order valence-corrected chi connectivity index (χ0v) is 22.0. The molecule has 1 amide bonds. The molecular weight excluding hydrogens is 462 g/mol. The highest BCUT2D eigenvalue weighted by Crippen LogP contribution is 2.23. The Bertz CT molecular complexity index is 1170. The van der Waals surface area contributed by atoms with Gasteiger partial charge in [0.25, 0.3) is 0 Å². The van der Waals surface area contributed by atoms with Crippen LogP contribution in [0.2, 0.25) is 0 Å². The maximum atomic E-state index is 12.9. The number of sulfonamides is 1. The van der Waals surface area contributed by atoms with Crippen LogP contribution in [0.5, 0.6) is 0 Å². The summed E-state index contributed by atoms with van der Waals surface area (Å²) < 4.78 is 28.5. The number of rotatable bonds is 9. The van der Waals surface area contributed by atoms with E-state index in [4.69, 9.17) is 4.98 Å². The van der Waals surface area contributed by atoms with Crippen LogP contribution in [0, 0.1) is 26.7 Å². The van der Waals surface area contributed by atoms with Gasteiger partial charge < -0.3 is 15.5 Å². The average Bonchev–Trinajstić information content (AvgIpc) is 2.75. The summed E-state index contributed by atoms with van der Waals surface area (Å²) in [7, 11) is -3.67. The van der Waals surface area contributed by atoms with Crippen molar-refractivity contribution in [2.75, 3.05) is 38.0 Å². The van der Waals surface area contributed by atoms with Crippen LogP contribution < -0.4 is 15.4 Å². The molecule has 35 heavy (non-hydrogen) atoms. The fraction of sp³-hybridized carbons (Fsp3) is 0.538. The van der Waals surface area contributed by atoms with Gasteiger partial charge >= 0.3 is 0 Å². The molecular formula is C26H37N5O3S. The van der Waals surface area contributed by atoms with Gasteiger partial charge in [-0.15, -0.1) is 0 Å². The molecule has 1 fully saturated rings. The van der Waals surface area contributed by atoms with Gasteiger partial charge in [-0.05, 0) is 63.3 Å². The molecule has 190 valence electrons. The van der Waals surface area contributed by atoms with Crippen LogP contribution in [0.15, 0.2) is 29.2 Å². The average molecular weight is 500 g/mol. The van der Waals surface area contributed by atoms with Crippen LogP contribution in [-0.4, -0.2) is 63.0 Å². The van der Waals surface area contributed by atoms with Crippen LogP contribution >= 0.6 is 0 Å². The van der Waals surface area contributed by atoms with Gasteiger partial charge in [-0.1, -0.05) is 23.8 Å². The van der Waals surface area contributed by atoms with E-state index in [1.807, 2.05) is 32.9 Å². The number of carbonyl (C=O) groups excluding carboxylic acids is 1. The molecule has 2 aliphatic heterocycles. The summed E-state index contributed by atoms with van der Waals surface area (Å²) in [6.45, 7) is 10.9. The van der Waals surface area contributed by atoms with E-state index in [1.54, 1.807) is 6.92 Å². The quantitative estimate of drug-likeness (QED) is 0.489. The molecule has 1 aromatic heterocycles. The summed E-state index contributed by atoms with van der Waals surface area (Å²) in [5, 5.41) is 6.29. The fourth-order valence-electron chi connectivity index (χ4n) is 5.05. The molecule has 8 nitrogen and oxygen atoms in total. The number of aryl methyl sites for hydroxylation is 4. The third-order valence-electron chi connectivity index (χ3n) is 6.78. The number of aromatic nitrogens is 1. The number of hydrogen-bond acceptors (Lipinski definition) is 6. The summed E-state index contributed by atoms with van der Waals surface area (Å²) in [4.78, 5) is 19.9. The molecule has 1 atom stereocenters. The van der Waals surface area contributed by atoms with Gasteiger partial charge in [-0.3, -0.25) is 4.79 Å². The number of benzene rings is 1. The minimum Gasteiger partial charge on any atom is -0.370 e.